The minimum Gasteiger partial charge on any atom is -0.425 e. The summed E-state index contributed by atoms with van der Waals surface area (Å²) in [4.78, 5) is 11.2. The van der Waals surface area contributed by atoms with Crippen LogP contribution in [0.5, 0.6) is 5.75 Å². The number of carbonyl (C=O) groups is 1. The monoisotopic (exact) mass is 210 g/mol. The first-order chi connectivity index (χ1) is 7.22. The molecule has 0 aliphatic carbocycles. The van der Waals surface area contributed by atoms with Gasteiger partial charge in [0.25, 0.3) is 0 Å². The molecule has 1 aromatic rings. The van der Waals surface area contributed by atoms with Crippen LogP contribution in [0.2, 0.25) is 0 Å². The number of benzene rings is 1. The van der Waals surface area contributed by atoms with Gasteiger partial charge in [-0.3, -0.25) is 0 Å². The molecule has 0 spiro atoms. The highest BCUT2D eigenvalue weighted by molar-refractivity contribution is 5.73. The van der Waals surface area contributed by atoms with Gasteiger partial charge < -0.3 is 14.2 Å². The minimum atomic E-state index is -0.440. The van der Waals surface area contributed by atoms with Gasteiger partial charge in [0.2, 0.25) is 0 Å². The van der Waals surface area contributed by atoms with Gasteiger partial charge in [-0.15, -0.1) is 0 Å². The van der Waals surface area contributed by atoms with E-state index in [-0.39, 0.29) is 6.61 Å². The molecule has 0 bridgehead atoms. The summed E-state index contributed by atoms with van der Waals surface area (Å²) in [5.41, 5.74) is 0. The predicted molar refractivity (Wildman–Crippen MR) is 54.5 cm³/mol. The number of hydrogen-bond acceptors (Lipinski definition) is 4. The third-order valence-electron chi connectivity index (χ3n) is 1.74. The number of esters is 1. The van der Waals surface area contributed by atoms with E-state index in [4.69, 9.17) is 14.2 Å². The largest absolute Gasteiger partial charge is 0.425 e. The van der Waals surface area contributed by atoms with Gasteiger partial charge in [-0.2, -0.15) is 0 Å². The fourth-order valence-corrected chi connectivity index (χ4v) is 0.903. The summed E-state index contributed by atoms with van der Waals surface area (Å²) in [5.74, 6) is 0.0706. The van der Waals surface area contributed by atoms with Gasteiger partial charge in [0.15, 0.2) is 6.29 Å². The maximum absolute atomic E-state index is 11.2. The molecule has 0 fully saturated rings. The second-order valence-electron chi connectivity index (χ2n) is 2.90. The lowest BCUT2D eigenvalue weighted by molar-refractivity contribution is -0.155. The summed E-state index contributed by atoms with van der Waals surface area (Å²) >= 11 is 0. The zero-order valence-electron chi connectivity index (χ0n) is 8.80. The lowest BCUT2D eigenvalue weighted by Crippen LogP contribution is -2.20. The molecular formula is C11H14O4. The van der Waals surface area contributed by atoms with E-state index in [1.54, 1.807) is 31.2 Å². The van der Waals surface area contributed by atoms with Crippen molar-refractivity contribution in [1.29, 1.82) is 0 Å². The first-order valence-electron chi connectivity index (χ1n) is 4.62. The molecule has 82 valence electrons. The van der Waals surface area contributed by atoms with Crippen LogP contribution in [-0.4, -0.2) is 26.0 Å². The van der Waals surface area contributed by atoms with E-state index in [9.17, 15) is 4.79 Å². The fourth-order valence-electron chi connectivity index (χ4n) is 0.903. The molecule has 0 amide bonds. The summed E-state index contributed by atoms with van der Waals surface area (Å²) < 4.78 is 14.8. The number of para-hydroxylation sites is 1. The number of methoxy groups -OCH3 is 1. The lowest BCUT2D eigenvalue weighted by Gasteiger charge is -2.10. The molecule has 4 heteroatoms. The van der Waals surface area contributed by atoms with E-state index >= 15 is 0 Å². The maximum atomic E-state index is 11.2. The van der Waals surface area contributed by atoms with Gasteiger partial charge in [-0.25, -0.2) is 4.79 Å². The van der Waals surface area contributed by atoms with Crippen LogP contribution in [0.25, 0.3) is 0 Å². The first kappa shape index (κ1) is 11.7. The first-order valence-corrected chi connectivity index (χ1v) is 4.62. The van der Waals surface area contributed by atoms with Crippen LogP contribution in [0.4, 0.5) is 0 Å². The number of hydrogen-bond donors (Lipinski definition) is 0. The standard InChI is InChI=1S/C11H14O4/c1-9(13-2)14-8-11(12)15-10-6-4-3-5-7-10/h3-7,9H,8H2,1-2H3. The summed E-state index contributed by atoms with van der Waals surface area (Å²) in [6.45, 7) is 1.58. The Balaban J connectivity index is 2.31. The highest BCUT2D eigenvalue weighted by atomic mass is 16.7. The molecule has 0 saturated heterocycles. The molecule has 0 aliphatic rings. The van der Waals surface area contributed by atoms with Crippen LogP contribution in [-0.2, 0) is 14.3 Å². The van der Waals surface area contributed by atoms with Crippen molar-refractivity contribution in [2.45, 2.75) is 13.2 Å². The van der Waals surface area contributed by atoms with Crippen LogP contribution < -0.4 is 4.74 Å². The third-order valence-corrected chi connectivity index (χ3v) is 1.74. The molecule has 15 heavy (non-hydrogen) atoms. The Morgan fingerprint density at radius 3 is 2.60 bits per heavy atom. The van der Waals surface area contributed by atoms with Crippen molar-refractivity contribution in [2.75, 3.05) is 13.7 Å². The smallest absolute Gasteiger partial charge is 0.337 e. The zero-order valence-corrected chi connectivity index (χ0v) is 8.80. The Kier molecular flexibility index (Phi) is 4.80. The predicted octanol–water partition coefficient (Wildman–Crippen LogP) is 1.60. The molecular weight excluding hydrogens is 196 g/mol. The average Bonchev–Trinajstić information content (AvgIpc) is 2.27. The fraction of sp³-hybridized carbons (Fsp3) is 0.364. The topological polar surface area (TPSA) is 44.8 Å². The van der Waals surface area contributed by atoms with E-state index in [1.165, 1.54) is 7.11 Å². The molecule has 0 saturated carbocycles. The minimum absolute atomic E-state index is 0.121. The Labute approximate surface area is 88.8 Å². The molecule has 0 aromatic heterocycles. The Hall–Kier alpha value is -1.39. The summed E-state index contributed by atoms with van der Waals surface area (Å²) in [5, 5.41) is 0. The summed E-state index contributed by atoms with van der Waals surface area (Å²) in [6.07, 6.45) is -0.409. The quantitative estimate of drug-likeness (QED) is 0.420. The van der Waals surface area contributed by atoms with E-state index in [2.05, 4.69) is 0 Å². The van der Waals surface area contributed by atoms with Gasteiger partial charge in [-0.1, -0.05) is 18.2 Å². The van der Waals surface area contributed by atoms with Crippen molar-refractivity contribution in [1.82, 2.24) is 0 Å². The number of carbonyl (C=O) groups excluding carboxylic acids is 1. The van der Waals surface area contributed by atoms with Crippen molar-refractivity contribution >= 4 is 5.97 Å². The lowest BCUT2D eigenvalue weighted by atomic mass is 10.3. The highest BCUT2D eigenvalue weighted by Crippen LogP contribution is 2.08. The van der Waals surface area contributed by atoms with Crippen molar-refractivity contribution < 1.29 is 19.0 Å². The van der Waals surface area contributed by atoms with Crippen molar-refractivity contribution in [2.24, 2.45) is 0 Å². The number of rotatable bonds is 5. The van der Waals surface area contributed by atoms with Crippen LogP contribution in [0.15, 0.2) is 30.3 Å². The van der Waals surface area contributed by atoms with Crippen molar-refractivity contribution in [3.05, 3.63) is 30.3 Å². The number of ether oxygens (including phenoxy) is 3. The third kappa shape index (κ3) is 4.58. The van der Waals surface area contributed by atoms with Gasteiger partial charge in [0.05, 0.1) is 0 Å². The second kappa shape index (κ2) is 6.16. The molecule has 0 radical (unpaired) electrons. The molecule has 0 heterocycles. The maximum Gasteiger partial charge on any atom is 0.337 e. The molecule has 1 aromatic carbocycles. The molecule has 4 nitrogen and oxygen atoms in total. The second-order valence-corrected chi connectivity index (χ2v) is 2.90. The molecule has 1 unspecified atom stereocenters. The van der Waals surface area contributed by atoms with E-state index in [1.807, 2.05) is 6.07 Å². The normalized spacial score (nSPS) is 12.1. The zero-order chi connectivity index (χ0) is 11.1. The molecule has 1 atom stereocenters. The summed E-state index contributed by atoms with van der Waals surface area (Å²) in [7, 11) is 1.51. The van der Waals surface area contributed by atoms with E-state index < -0.39 is 12.3 Å². The average molecular weight is 210 g/mol. The van der Waals surface area contributed by atoms with E-state index in [0.717, 1.165) is 0 Å². The van der Waals surface area contributed by atoms with Gasteiger partial charge in [0.1, 0.15) is 12.4 Å². The summed E-state index contributed by atoms with van der Waals surface area (Å²) in [6, 6.07) is 8.85. The highest BCUT2D eigenvalue weighted by Gasteiger charge is 2.07. The van der Waals surface area contributed by atoms with Gasteiger partial charge >= 0.3 is 5.97 Å². The SMILES string of the molecule is COC(C)OCC(=O)Oc1ccccc1. The van der Waals surface area contributed by atoms with Crippen LogP contribution in [0.1, 0.15) is 6.92 Å². The van der Waals surface area contributed by atoms with Crippen molar-refractivity contribution in [3.8, 4) is 5.75 Å². The van der Waals surface area contributed by atoms with Crippen molar-refractivity contribution in [3.63, 3.8) is 0 Å². The Morgan fingerprint density at radius 2 is 2.00 bits per heavy atom. The molecule has 0 aliphatic heterocycles. The molecule has 1 rings (SSSR count). The van der Waals surface area contributed by atoms with Gasteiger partial charge in [-0.05, 0) is 19.1 Å². The Bertz CT molecular complexity index is 297. The Morgan fingerprint density at radius 1 is 1.33 bits per heavy atom. The van der Waals surface area contributed by atoms with Crippen LogP contribution in [0, 0.1) is 0 Å². The van der Waals surface area contributed by atoms with E-state index in [0.29, 0.717) is 5.75 Å². The molecule has 0 N–H and O–H groups in total. The van der Waals surface area contributed by atoms with Gasteiger partial charge in [0, 0.05) is 7.11 Å². The van der Waals surface area contributed by atoms with Crippen LogP contribution in [0.3, 0.4) is 0 Å². The van der Waals surface area contributed by atoms with Crippen LogP contribution >= 0.6 is 0 Å².